The topological polar surface area (TPSA) is 0 Å². The molecule has 0 aliphatic heterocycles. The molecule has 0 saturated carbocycles. The fraction of sp³-hybridized carbons (Fsp3) is 0.143. The Kier molecular flexibility index (Phi) is 21.5. The second-order valence-corrected chi connectivity index (χ2v) is 7.96. The molecule has 0 amide bonds. The first kappa shape index (κ1) is 23.9. The third-order valence-corrected chi connectivity index (χ3v) is 2.00. The molecule has 2 heteroatoms. The Balaban J connectivity index is 0. The molecule has 0 aliphatic carbocycles. The van der Waals surface area contributed by atoms with Crippen molar-refractivity contribution >= 4 is 32.7 Å². The van der Waals surface area contributed by atoms with Gasteiger partial charge in [0, 0.05) is 32.7 Å². The van der Waals surface area contributed by atoms with Crippen molar-refractivity contribution in [1.29, 1.82) is 0 Å². The first-order chi connectivity index (χ1) is 10.7. The van der Waals surface area contributed by atoms with E-state index in [4.69, 9.17) is 0 Å². The van der Waals surface area contributed by atoms with Gasteiger partial charge in [-0.3, -0.25) is 0 Å². The Morgan fingerprint density at radius 3 is 0.391 bits per heavy atom. The quantitative estimate of drug-likeness (QED) is 0.384. The molecule has 0 aliphatic rings. The van der Waals surface area contributed by atoms with E-state index < -0.39 is 0 Å². The molecule has 0 N–H and O–H groups in total. The second kappa shape index (κ2) is 20.7. The summed E-state index contributed by atoms with van der Waals surface area (Å²) in [6.07, 6.45) is 0. The molecule has 3 aromatic carbocycles. The zero-order valence-electron chi connectivity index (χ0n) is 14.4. The Morgan fingerprint density at radius 1 is 0.304 bits per heavy atom. The van der Waals surface area contributed by atoms with E-state index in [1.165, 1.54) is 0 Å². The minimum absolute atomic E-state index is 0. The summed E-state index contributed by atoms with van der Waals surface area (Å²) in [6, 6.07) is 36.0. The third-order valence-electron chi connectivity index (χ3n) is 2.00. The van der Waals surface area contributed by atoms with Crippen LogP contribution in [0.2, 0.25) is 19.6 Å². The van der Waals surface area contributed by atoms with Crippen LogP contribution in [0.5, 0.6) is 0 Å². The minimum atomic E-state index is 0. The van der Waals surface area contributed by atoms with Crippen molar-refractivity contribution in [2.45, 2.75) is 19.6 Å². The average molecular weight is 426 g/mol. The zero-order chi connectivity index (χ0) is 16.3. The summed E-state index contributed by atoms with van der Waals surface area (Å²) in [6.45, 7) is 6.81. The maximum absolute atomic E-state index is 2.27. The molecule has 0 nitrogen and oxygen atoms in total. The van der Waals surface area contributed by atoms with Gasteiger partial charge in [-0.25, -0.2) is 0 Å². The molecule has 119 valence electrons. The maximum Gasteiger partial charge on any atom is 0.0379 e. The van der Waals surface area contributed by atoms with Gasteiger partial charge in [-0.2, -0.15) is 0 Å². The molecular weight excluding hydrogens is 399 g/mol. The predicted molar refractivity (Wildman–Crippen MR) is 108 cm³/mol. The molecule has 0 atom stereocenters. The van der Waals surface area contributed by atoms with Crippen LogP contribution in [-0.4, -0.2) is 32.7 Å². The minimum Gasteiger partial charge on any atom is -0.0715 e. The summed E-state index contributed by atoms with van der Waals surface area (Å²) in [5.74, 6) is 0. The Hall–Kier alpha value is -1.32. The fourth-order valence-electron chi connectivity index (χ4n) is 1.15. The van der Waals surface area contributed by atoms with Crippen LogP contribution in [0.15, 0.2) is 109 Å². The van der Waals surface area contributed by atoms with Crippen LogP contribution >= 0.6 is 0 Å². The van der Waals surface area contributed by atoms with Crippen molar-refractivity contribution in [3.8, 4) is 0 Å². The zero-order valence-corrected chi connectivity index (χ0v) is 18.2. The second-order valence-electron chi connectivity index (χ2n) is 4.96. The number of benzene rings is 3. The molecule has 0 aromatic heterocycles. The largest absolute Gasteiger partial charge is 0.0715 e. The van der Waals surface area contributed by atoms with Gasteiger partial charge >= 0.3 is 0 Å². The summed E-state index contributed by atoms with van der Waals surface area (Å²) < 4.78 is 0. The van der Waals surface area contributed by atoms with E-state index in [2.05, 4.69) is 19.6 Å². The van der Waals surface area contributed by atoms with E-state index in [-0.39, 0.29) is 32.7 Å². The first-order valence-electron chi connectivity index (χ1n) is 7.50. The maximum atomic E-state index is 2.27. The van der Waals surface area contributed by atoms with Gasteiger partial charge in [-0.05, 0) is 0 Å². The predicted octanol–water partition coefficient (Wildman–Crippen LogP) is 6.05. The van der Waals surface area contributed by atoms with Gasteiger partial charge in [0.1, 0.15) is 0 Å². The molecule has 0 unspecified atom stereocenters. The summed E-state index contributed by atoms with van der Waals surface area (Å²) in [7, 11) is 0.120. The van der Waals surface area contributed by atoms with Crippen LogP contribution < -0.4 is 0 Å². The summed E-state index contributed by atoms with van der Waals surface area (Å²) in [5.41, 5.74) is 0. The van der Waals surface area contributed by atoms with Gasteiger partial charge in [0.15, 0.2) is 0 Å². The standard InChI is InChI=1S/3C6H6.C3H9Si.Sn/c3*1-2-4-6-5-3-1;1-4(2)3;/h3*1-6H;1-3H3;. The van der Waals surface area contributed by atoms with Gasteiger partial charge in [-0.1, -0.05) is 129 Å². The van der Waals surface area contributed by atoms with Crippen LogP contribution in [0.1, 0.15) is 0 Å². The molecule has 0 bridgehead atoms. The Morgan fingerprint density at radius 2 is 0.348 bits per heavy atom. The van der Waals surface area contributed by atoms with E-state index in [1.807, 2.05) is 109 Å². The Labute approximate surface area is 161 Å². The molecule has 3 aromatic rings. The van der Waals surface area contributed by atoms with Crippen LogP contribution in [0, 0.1) is 0 Å². The molecule has 0 fully saturated rings. The van der Waals surface area contributed by atoms with E-state index in [9.17, 15) is 0 Å². The normalized spacial score (nSPS) is 7.83. The molecule has 0 spiro atoms. The third kappa shape index (κ3) is 25.9. The summed E-state index contributed by atoms with van der Waals surface area (Å²) in [4.78, 5) is 0. The van der Waals surface area contributed by atoms with Crippen molar-refractivity contribution in [3.05, 3.63) is 109 Å². The van der Waals surface area contributed by atoms with E-state index in [0.29, 0.717) is 0 Å². The number of hydrogen-bond donors (Lipinski definition) is 0. The van der Waals surface area contributed by atoms with Crippen LogP contribution in [-0.2, 0) is 0 Å². The van der Waals surface area contributed by atoms with E-state index >= 15 is 0 Å². The van der Waals surface area contributed by atoms with Crippen molar-refractivity contribution in [2.24, 2.45) is 0 Å². The molecule has 3 rings (SSSR count). The average Bonchev–Trinajstić information content (AvgIpc) is 2.60. The smallest absolute Gasteiger partial charge is 0.0379 e. The van der Waals surface area contributed by atoms with Crippen LogP contribution in [0.3, 0.4) is 0 Å². The van der Waals surface area contributed by atoms with Crippen LogP contribution in [0.25, 0.3) is 0 Å². The molecule has 5 radical (unpaired) electrons. The summed E-state index contributed by atoms with van der Waals surface area (Å²) in [5, 5.41) is 0. The molecule has 23 heavy (non-hydrogen) atoms. The van der Waals surface area contributed by atoms with Gasteiger partial charge in [0.25, 0.3) is 0 Å². The van der Waals surface area contributed by atoms with E-state index in [1.54, 1.807) is 0 Å². The molecular formula is C21H27SiSn. The molecule has 0 saturated heterocycles. The van der Waals surface area contributed by atoms with Crippen molar-refractivity contribution in [2.75, 3.05) is 0 Å². The van der Waals surface area contributed by atoms with Crippen molar-refractivity contribution in [3.63, 3.8) is 0 Å². The van der Waals surface area contributed by atoms with Gasteiger partial charge in [0.2, 0.25) is 0 Å². The monoisotopic (exact) mass is 427 g/mol. The van der Waals surface area contributed by atoms with Gasteiger partial charge in [0.05, 0.1) is 0 Å². The number of rotatable bonds is 0. The van der Waals surface area contributed by atoms with Crippen molar-refractivity contribution < 1.29 is 0 Å². The Bertz CT molecular complexity index is 340. The van der Waals surface area contributed by atoms with E-state index in [0.717, 1.165) is 0 Å². The number of hydrogen-bond acceptors (Lipinski definition) is 0. The summed E-state index contributed by atoms with van der Waals surface area (Å²) >= 11 is 0. The van der Waals surface area contributed by atoms with Gasteiger partial charge in [-0.15, -0.1) is 0 Å². The molecule has 0 heterocycles. The first-order valence-corrected chi connectivity index (χ1v) is 10.5. The van der Waals surface area contributed by atoms with Gasteiger partial charge < -0.3 is 0 Å². The SMILES string of the molecule is C[Si](C)C.[Sn].c1ccccc1.c1ccccc1.c1ccccc1. The van der Waals surface area contributed by atoms with Crippen molar-refractivity contribution in [1.82, 2.24) is 0 Å². The van der Waals surface area contributed by atoms with Crippen LogP contribution in [0.4, 0.5) is 0 Å². The fourth-order valence-corrected chi connectivity index (χ4v) is 1.15.